The van der Waals surface area contributed by atoms with E-state index >= 15 is 0 Å². The van der Waals surface area contributed by atoms with Gasteiger partial charge in [-0.25, -0.2) is 4.79 Å². The molecule has 0 unspecified atom stereocenters. The number of carbonyl (C=O) groups excluding carboxylic acids is 2. The maximum Gasteiger partial charge on any atom is 0.409 e. The molecule has 61 heavy (non-hydrogen) atoms. The van der Waals surface area contributed by atoms with Gasteiger partial charge in [-0.05, 0) is 43.0 Å². The third kappa shape index (κ3) is 24.8. The van der Waals surface area contributed by atoms with E-state index in [9.17, 15) is 9.59 Å². The number of esters is 1. The van der Waals surface area contributed by atoms with E-state index in [1.807, 2.05) is 45.0 Å². The van der Waals surface area contributed by atoms with Crippen LogP contribution in [0, 0.1) is 0 Å². The third-order valence-corrected chi connectivity index (χ3v) is 8.81. The van der Waals surface area contributed by atoms with Gasteiger partial charge in [0.05, 0.1) is 152 Å². The van der Waals surface area contributed by atoms with E-state index < -0.39 is 5.60 Å². The Kier molecular flexibility index (Phi) is 28.4. The Bertz CT molecular complexity index is 1380. The largest absolute Gasteiger partial charge is 0.460 e. The van der Waals surface area contributed by atoms with Gasteiger partial charge in [0, 0.05) is 19.5 Å². The summed E-state index contributed by atoms with van der Waals surface area (Å²) in [6.07, 6.45) is -0.143. The molecule has 2 aromatic carbocycles. The molecule has 0 fully saturated rings. The standard InChI is InChI=1S/C45H71NO15/c1-45(2,3)61-43(47)13-15-49-17-19-51-21-23-53-25-27-55-29-31-57-33-35-59-36-34-58-32-30-56-28-26-54-24-22-52-20-18-50-16-14-46(4)44(48)60-37-42-40-11-7-5-9-38(40)39-10-6-8-12-41(39)42/h5-12,42H,13-37H2,1-4H3. The SMILES string of the molecule is CN(CCOCCOCCOCCOCCOCCOCCOCCOCCOCCOCCOCCC(=O)OC(C)(C)C)C(=O)OCC1c2ccccc2-c2ccccc21. The van der Waals surface area contributed by atoms with Crippen molar-refractivity contribution in [1.82, 2.24) is 4.90 Å². The Hall–Kier alpha value is -3.26. The quantitative estimate of drug-likeness (QED) is 0.0671. The van der Waals surface area contributed by atoms with Gasteiger partial charge in [0.15, 0.2) is 0 Å². The molecule has 1 aliphatic carbocycles. The fourth-order valence-corrected chi connectivity index (χ4v) is 5.85. The van der Waals surface area contributed by atoms with Crippen LogP contribution in [0.2, 0.25) is 0 Å². The zero-order valence-electron chi connectivity index (χ0n) is 36.9. The lowest BCUT2D eigenvalue weighted by atomic mass is 9.98. The predicted octanol–water partition coefficient (Wildman–Crippen LogP) is 4.78. The fourth-order valence-electron chi connectivity index (χ4n) is 5.85. The number of ether oxygens (including phenoxy) is 13. The topological polar surface area (TPSA) is 157 Å². The number of fused-ring (bicyclic) bond motifs is 3. The van der Waals surface area contributed by atoms with Crippen molar-refractivity contribution in [2.24, 2.45) is 0 Å². The summed E-state index contributed by atoms with van der Waals surface area (Å²) in [5.41, 5.74) is 4.30. The minimum atomic E-state index is -0.481. The molecule has 0 N–H and O–H groups in total. The molecule has 0 radical (unpaired) electrons. The van der Waals surface area contributed by atoms with Crippen molar-refractivity contribution < 1.29 is 71.2 Å². The van der Waals surface area contributed by atoms with E-state index in [1.54, 1.807) is 7.05 Å². The third-order valence-electron chi connectivity index (χ3n) is 8.81. The van der Waals surface area contributed by atoms with Crippen LogP contribution in [0.3, 0.4) is 0 Å². The van der Waals surface area contributed by atoms with Gasteiger partial charge in [-0.3, -0.25) is 4.79 Å². The van der Waals surface area contributed by atoms with Crippen LogP contribution in [0.5, 0.6) is 0 Å². The molecule has 0 spiro atoms. The molecule has 1 amide bonds. The number of carbonyl (C=O) groups is 2. The Morgan fingerprint density at radius 1 is 0.475 bits per heavy atom. The molecule has 0 atom stereocenters. The first-order valence-corrected chi connectivity index (χ1v) is 21.4. The van der Waals surface area contributed by atoms with Gasteiger partial charge < -0.3 is 66.5 Å². The molecule has 3 rings (SSSR count). The van der Waals surface area contributed by atoms with Crippen LogP contribution < -0.4 is 0 Å². The Morgan fingerprint density at radius 3 is 1.13 bits per heavy atom. The molecule has 16 heteroatoms. The maximum atomic E-state index is 12.6. The normalized spacial score (nSPS) is 12.4. The first kappa shape index (κ1) is 52.1. The van der Waals surface area contributed by atoms with Crippen molar-refractivity contribution in [2.45, 2.75) is 38.7 Å². The van der Waals surface area contributed by atoms with Crippen LogP contribution in [-0.4, -0.2) is 188 Å². The molecule has 0 heterocycles. The highest BCUT2D eigenvalue weighted by Crippen LogP contribution is 2.44. The second-order valence-corrected chi connectivity index (χ2v) is 14.8. The summed E-state index contributed by atoms with van der Waals surface area (Å²) in [6.45, 7) is 16.2. The van der Waals surface area contributed by atoms with Gasteiger partial charge >= 0.3 is 12.1 Å². The first-order valence-electron chi connectivity index (χ1n) is 21.4. The molecule has 2 aromatic rings. The number of benzene rings is 2. The van der Waals surface area contributed by atoms with Gasteiger partial charge in [-0.15, -0.1) is 0 Å². The number of nitrogens with zero attached hydrogens (tertiary/aromatic N) is 1. The predicted molar refractivity (Wildman–Crippen MR) is 227 cm³/mol. The van der Waals surface area contributed by atoms with Gasteiger partial charge in [0.1, 0.15) is 12.2 Å². The number of likely N-dealkylation sites (N-methyl/N-ethyl adjacent to an activating group) is 1. The molecule has 346 valence electrons. The molecule has 0 saturated heterocycles. The highest BCUT2D eigenvalue weighted by Gasteiger charge is 2.29. The Balaban J connectivity index is 0.946. The van der Waals surface area contributed by atoms with E-state index in [0.29, 0.717) is 159 Å². The van der Waals surface area contributed by atoms with E-state index in [2.05, 4.69) is 24.3 Å². The minimum absolute atomic E-state index is 0.0336. The van der Waals surface area contributed by atoms with Crippen molar-refractivity contribution >= 4 is 12.1 Å². The zero-order valence-corrected chi connectivity index (χ0v) is 36.9. The van der Waals surface area contributed by atoms with E-state index in [-0.39, 0.29) is 24.4 Å². The summed E-state index contributed by atoms with van der Waals surface area (Å²) in [5, 5.41) is 0. The van der Waals surface area contributed by atoms with Crippen molar-refractivity contribution in [3.8, 4) is 11.1 Å². The second kappa shape index (κ2) is 33.3. The molecule has 0 bridgehead atoms. The summed E-state index contributed by atoms with van der Waals surface area (Å²) in [4.78, 5) is 25.8. The van der Waals surface area contributed by atoms with Gasteiger partial charge in [0.2, 0.25) is 0 Å². The van der Waals surface area contributed by atoms with Crippen LogP contribution in [-0.2, 0) is 66.4 Å². The number of hydrogen-bond donors (Lipinski definition) is 0. The summed E-state index contributed by atoms with van der Waals surface area (Å²) < 4.78 is 71.4. The molecule has 0 saturated carbocycles. The van der Waals surface area contributed by atoms with E-state index in [0.717, 1.165) is 0 Å². The lowest BCUT2D eigenvalue weighted by molar-refractivity contribution is -0.156. The summed E-state index contributed by atoms with van der Waals surface area (Å²) in [5.74, 6) is -0.236. The maximum absolute atomic E-state index is 12.6. The molecule has 16 nitrogen and oxygen atoms in total. The van der Waals surface area contributed by atoms with Crippen molar-refractivity contribution in [2.75, 3.05) is 166 Å². The average molecular weight is 866 g/mol. The first-order chi connectivity index (χ1) is 29.8. The fraction of sp³-hybridized carbons (Fsp3) is 0.689. The van der Waals surface area contributed by atoms with Gasteiger partial charge in [-0.2, -0.15) is 0 Å². The minimum Gasteiger partial charge on any atom is -0.460 e. The smallest absolute Gasteiger partial charge is 0.409 e. The van der Waals surface area contributed by atoms with E-state index in [1.165, 1.54) is 27.2 Å². The van der Waals surface area contributed by atoms with Crippen LogP contribution in [0.25, 0.3) is 11.1 Å². The molecule has 1 aliphatic rings. The summed E-state index contributed by atoms with van der Waals surface area (Å²) in [7, 11) is 1.71. The molecule has 0 aliphatic heterocycles. The lowest BCUT2D eigenvalue weighted by Crippen LogP contribution is -2.32. The summed E-state index contributed by atoms with van der Waals surface area (Å²) >= 11 is 0. The number of hydrogen-bond acceptors (Lipinski definition) is 15. The van der Waals surface area contributed by atoms with Crippen molar-refractivity contribution in [1.29, 1.82) is 0 Å². The Labute approximate surface area is 362 Å². The summed E-state index contributed by atoms with van der Waals surface area (Å²) in [6, 6.07) is 16.6. The number of rotatable bonds is 38. The van der Waals surface area contributed by atoms with Gasteiger partial charge in [-0.1, -0.05) is 48.5 Å². The van der Waals surface area contributed by atoms with Crippen molar-refractivity contribution in [3.05, 3.63) is 59.7 Å². The average Bonchev–Trinajstić information content (AvgIpc) is 3.56. The lowest BCUT2D eigenvalue weighted by Gasteiger charge is -2.19. The second-order valence-electron chi connectivity index (χ2n) is 14.8. The van der Waals surface area contributed by atoms with Crippen molar-refractivity contribution in [3.63, 3.8) is 0 Å². The molecular weight excluding hydrogens is 794 g/mol. The highest BCUT2D eigenvalue weighted by atomic mass is 16.6. The highest BCUT2D eigenvalue weighted by molar-refractivity contribution is 5.79. The van der Waals surface area contributed by atoms with E-state index in [4.69, 9.17) is 61.6 Å². The van der Waals surface area contributed by atoms with Crippen LogP contribution in [0.1, 0.15) is 44.2 Å². The zero-order chi connectivity index (χ0) is 43.6. The Morgan fingerprint density at radius 2 is 0.787 bits per heavy atom. The molecule has 0 aromatic heterocycles. The molecular formula is C45H71NO15. The van der Waals surface area contributed by atoms with Crippen LogP contribution >= 0.6 is 0 Å². The van der Waals surface area contributed by atoms with Crippen LogP contribution in [0.15, 0.2) is 48.5 Å². The van der Waals surface area contributed by atoms with Gasteiger partial charge in [0.25, 0.3) is 0 Å². The van der Waals surface area contributed by atoms with Crippen LogP contribution in [0.4, 0.5) is 4.79 Å². The monoisotopic (exact) mass is 865 g/mol. The number of amides is 1.